The summed E-state index contributed by atoms with van der Waals surface area (Å²) in [5.41, 5.74) is 6.63. The maximum absolute atomic E-state index is 12.6. The van der Waals surface area contributed by atoms with E-state index in [1.165, 1.54) is 0 Å². The van der Waals surface area contributed by atoms with Crippen molar-refractivity contribution in [2.45, 2.75) is 37.3 Å². The maximum Gasteiger partial charge on any atom is 0.318 e. The van der Waals surface area contributed by atoms with Gasteiger partial charge in [0.1, 0.15) is 18.3 Å². The van der Waals surface area contributed by atoms with E-state index in [9.17, 15) is 19.8 Å². The molecule has 5 N–H and O–H groups in total. The highest BCUT2D eigenvalue weighted by Crippen LogP contribution is 2.34. The molecule has 2 aromatic rings. The Morgan fingerprint density at radius 3 is 2.13 bits per heavy atom. The Morgan fingerprint density at radius 2 is 1.57 bits per heavy atom. The highest BCUT2D eigenvalue weighted by Gasteiger charge is 2.60. The Balaban J connectivity index is 1.71. The summed E-state index contributed by atoms with van der Waals surface area (Å²) in [6, 6.07) is 17.0. The number of amides is 3. The maximum atomic E-state index is 12.6. The molecule has 1 aliphatic heterocycles. The zero-order valence-corrected chi connectivity index (χ0v) is 16.1. The SMILES string of the molecule is NC(=O)NC(=O)[C@@]1(OCc2ccccc2)O[C@H](COCc2ccccc2)[C@@H](O)[C@H]1O. The number of primary amides is 1. The summed E-state index contributed by atoms with van der Waals surface area (Å²) in [5, 5.41) is 22.9. The van der Waals surface area contributed by atoms with Crippen molar-refractivity contribution in [2.24, 2.45) is 5.73 Å². The van der Waals surface area contributed by atoms with Crippen molar-refractivity contribution in [1.82, 2.24) is 5.32 Å². The molecule has 1 aliphatic rings. The van der Waals surface area contributed by atoms with Crippen molar-refractivity contribution < 1.29 is 34.0 Å². The molecule has 1 fully saturated rings. The third kappa shape index (κ3) is 5.02. The Bertz CT molecular complexity index is 849. The molecule has 30 heavy (non-hydrogen) atoms. The first kappa shape index (κ1) is 21.9. The van der Waals surface area contributed by atoms with Crippen LogP contribution < -0.4 is 11.1 Å². The van der Waals surface area contributed by atoms with Gasteiger partial charge >= 0.3 is 6.03 Å². The zero-order valence-electron chi connectivity index (χ0n) is 16.1. The molecule has 9 nitrogen and oxygen atoms in total. The largest absolute Gasteiger partial charge is 0.387 e. The van der Waals surface area contributed by atoms with Gasteiger partial charge in [-0.3, -0.25) is 10.1 Å². The topological polar surface area (TPSA) is 140 Å². The molecule has 0 aromatic heterocycles. The molecule has 0 spiro atoms. The van der Waals surface area contributed by atoms with Crippen LogP contribution in [0.4, 0.5) is 4.79 Å². The van der Waals surface area contributed by atoms with Crippen LogP contribution in [-0.2, 0) is 32.2 Å². The van der Waals surface area contributed by atoms with Crippen molar-refractivity contribution in [3.8, 4) is 0 Å². The normalized spacial score (nSPS) is 25.7. The summed E-state index contributed by atoms with van der Waals surface area (Å²) in [6.07, 6.45) is -4.33. The van der Waals surface area contributed by atoms with Crippen molar-refractivity contribution in [1.29, 1.82) is 0 Å². The minimum Gasteiger partial charge on any atom is -0.387 e. The minimum absolute atomic E-state index is 0.117. The summed E-state index contributed by atoms with van der Waals surface area (Å²) >= 11 is 0. The molecule has 0 aliphatic carbocycles. The van der Waals surface area contributed by atoms with Crippen LogP contribution in [0.3, 0.4) is 0 Å². The molecule has 2 aromatic carbocycles. The van der Waals surface area contributed by atoms with Crippen molar-refractivity contribution in [3.63, 3.8) is 0 Å². The summed E-state index contributed by atoms with van der Waals surface area (Å²) in [7, 11) is 0. The molecule has 3 rings (SSSR count). The number of nitrogens with one attached hydrogen (secondary N) is 1. The van der Waals surface area contributed by atoms with Crippen molar-refractivity contribution >= 4 is 11.9 Å². The second-order valence-electron chi connectivity index (χ2n) is 6.85. The molecule has 1 heterocycles. The number of carbonyl (C=O) groups is 2. The third-order valence-electron chi connectivity index (χ3n) is 4.66. The van der Waals surface area contributed by atoms with Crippen LogP contribution in [0, 0.1) is 0 Å². The van der Waals surface area contributed by atoms with Gasteiger partial charge in [0.25, 0.3) is 11.7 Å². The Hall–Kier alpha value is -2.82. The quantitative estimate of drug-likeness (QED) is 0.489. The Morgan fingerprint density at radius 1 is 1.00 bits per heavy atom. The van der Waals surface area contributed by atoms with Crippen LogP contribution >= 0.6 is 0 Å². The van der Waals surface area contributed by atoms with Gasteiger partial charge in [0.15, 0.2) is 0 Å². The first-order chi connectivity index (χ1) is 14.4. The summed E-state index contributed by atoms with van der Waals surface area (Å²) in [4.78, 5) is 23.8. The first-order valence-electron chi connectivity index (χ1n) is 9.37. The van der Waals surface area contributed by atoms with Gasteiger partial charge in [-0.2, -0.15) is 0 Å². The zero-order chi connectivity index (χ0) is 21.6. The lowest BCUT2D eigenvalue weighted by Crippen LogP contribution is -2.58. The molecule has 160 valence electrons. The average molecular weight is 416 g/mol. The number of carbonyl (C=O) groups excluding carboxylic acids is 2. The lowest BCUT2D eigenvalue weighted by Gasteiger charge is -2.30. The lowest BCUT2D eigenvalue weighted by atomic mass is 10.0. The summed E-state index contributed by atoms with van der Waals surface area (Å²) in [6.45, 7) is 0.0106. The predicted molar refractivity (Wildman–Crippen MR) is 105 cm³/mol. The van der Waals surface area contributed by atoms with Crippen molar-refractivity contribution in [2.75, 3.05) is 6.61 Å². The number of hydrogen-bond donors (Lipinski definition) is 4. The molecular weight excluding hydrogens is 392 g/mol. The lowest BCUT2D eigenvalue weighted by molar-refractivity contribution is -0.254. The average Bonchev–Trinajstić information content (AvgIpc) is 2.99. The van der Waals surface area contributed by atoms with Crippen LogP contribution in [0.5, 0.6) is 0 Å². The molecular formula is C21H24N2O7. The van der Waals surface area contributed by atoms with E-state index in [0.29, 0.717) is 5.56 Å². The van der Waals surface area contributed by atoms with E-state index in [2.05, 4.69) is 0 Å². The smallest absolute Gasteiger partial charge is 0.318 e. The number of imide groups is 1. The van der Waals surface area contributed by atoms with Gasteiger partial charge < -0.3 is 30.2 Å². The second-order valence-corrected chi connectivity index (χ2v) is 6.85. The van der Waals surface area contributed by atoms with E-state index < -0.39 is 36.0 Å². The number of rotatable bonds is 8. The third-order valence-corrected chi connectivity index (χ3v) is 4.66. The van der Waals surface area contributed by atoms with Crippen molar-refractivity contribution in [3.05, 3.63) is 71.8 Å². The van der Waals surface area contributed by atoms with Crippen LogP contribution in [0.25, 0.3) is 0 Å². The highest BCUT2D eigenvalue weighted by molar-refractivity contribution is 5.98. The van der Waals surface area contributed by atoms with Gasteiger partial charge in [0.05, 0.1) is 19.8 Å². The number of ether oxygens (including phenoxy) is 3. The van der Waals surface area contributed by atoms with Crippen LogP contribution in [0.15, 0.2) is 60.7 Å². The molecule has 0 bridgehead atoms. The molecule has 0 saturated carbocycles. The van der Waals surface area contributed by atoms with Gasteiger partial charge in [0.2, 0.25) is 0 Å². The number of benzene rings is 2. The second kappa shape index (κ2) is 9.79. The van der Waals surface area contributed by atoms with Crippen LogP contribution in [0.1, 0.15) is 11.1 Å². The number of aliphatic hydroxyl groups excluding tert-OH is 2. The molecule has 0 radical (unpaired) electrons. The van der Waals surface area contributed by atoms with Gasteiger partial charge in [-0.15, -0.1) is 0 Å². The fraction of sp³-hybridized carbons (Fsp3) is 0.333. The summed E-state index contributed by atoms with van der Waals surface area (Å²) in [5.74, 6) is -3.44. The van der Waals surface area contributed by atoms with Gasteiger partial charge in [-0.25, -0.2) is 4.79 Å². The fourth-order valence-corrected chi connectivity index (χ4v) is 3.13. The van der Waals surface area contributed by atoms with Gasteiger partial charge in [-0.05, 0) is 11.1 Å². The van der Waals surface area contributed by atoms with E-state index in [-0.39, 0.29) is 19.8 Å². The summed E-state index contributed by atoms with van der Waals surface area (Å²) < 4.78 is 16.8. The van der Waals surface area contributed by atoms with Crippen LogP contribution in [-0.4, -0.2) is 52.9 Å². The number of hydrogen-bond acceptors (Lipinski definition) is 7. The van der Waals surface area contributed by atoms with E-state index in [4.69, 9.17) is 19.9 Å². The Labute approximate surface area is 173 Å². The predicted octanol–water partition coefficient (Wildman–Crippen LogP) is 0.432. The number of urea groups is 1. The highest BCUT2D eigenvalue weighted by atomic mass is 16.7. The van der Waals surface area contributed by atoms with E-state index in [0.717, 1.165) is 5.56 Å². The van der Waals surface area contributed by atoms with E-state index >= 15 is 0 Å². The van der Waals surface area contributed by atoms with Gasteiger partial charge in [-0.1, -0.05) is 60.7 Å². The number of aliphatic hydroxyl groups is 2. The molecule has 9 heteroatoms. The van der Waals surface area contributed by atoms with E-state index in [1.54, 1.807) is 24.3 Å². The van der Waals surface area contributed by atoms with Crippen LogP contribution in [0.2, 0.25) is 0 Å². The number of nitrogens with two attached hydrogens (primary N) is 1. The fourth-order valence-electron chi connectivity index (χ4n) is 3.13. The molecule has 1 saturated heterocycles. The minimum atomic E-state index is -2.33. The molecule has 3 amide bonds. The molecule has 4 atom stereocenters. The van der Waals surface area contributed by atoms with Gasteiger partial charge in [0, 0.05) is 0 Å². The first-order valence-corrected chi connectivity index (χ1v) is 9.37. The Kier molecular flexibility index (Phi) is 7.14. The monoisotopic (exact) mass is 416 g/mol. The molecule has 0 unspecified atom stereocenters. The standard InChI is InChI=1S/C21H24N2O7/c22-20(27)23-19(26)21(29-12-15-9-5-2-6-10-15)18(25)17(24)16(30-21)13-28-11-14-7-3-1-4-8-14/h1-10,16-18,24-25H,11-13H2,(H3,22,23,26,27)/t16-,17-,18-,21+/m1/s1. The van der Waals surface area contributed by atoms with E-state index in [1.807, 2.05) is 41.7 Å².